The summed E-state index contributed by atoms with van der Waals surface area (Å²) in [4.78, 5) is 20.3. The summed E-state index contributed by atoms with van der Waals surface area (Å²) in [7, 11) is 0. The predicted molar refractivity (Wildman–Crippen MR) is 110 cm³/mol. The molecule has 29 heavy (non-hydrogen) atoms. The molecule has 0 aliphatic heterocycles. The van der Waals surface area contributed by atoms with E-state index < -0.39 is 6.10 Å². The Morgan fingerprint density at radius 2 is 1.93 bits per heavy atom. The Balaban J connectivity index is 1.45. The van der Waals surface area contributed by atoms with E-state index in [-0.39, 0.29) is 24.4 Å². The molecule has 0 radical (unpaired) electrons. The number of carbonyl (C=O) groups is 1. The molecule has 0 aliphatic carbocycles. The summed E-state index contributed by atoms with van der Waals surface area (Å²) < 4.78 is 7.10. The SMILES string of the molecule is CC(C)(C)c1ccc(C(O)CCC(=O)OCc2ccc(-n3ccnc3)nc2)cc1. The summed E-state index contributed by atoms with van der Waals surface area (Å²) in [6.45, 7) is 6.60. The number of ether oxygens (including phenoxy) is 1. The van der Waals surface area contributed by atoms with E-state index in [1.165, 1.54) is 5.56 Å². The fourth-order valence-electron chi connectivity index (χ4n) is 2.91. The first kappa shape index (κ1) is 20.7. The summed E-state index contributed by atoms with van der Waals surface area (Å²) in [6.07, 6.45) is 6.63. The third-order valence-corrected chi connectivity index (χ3v) is 4.76. The first-order valence-electron chi connectivity index (χ1n) is 9.70. The molecule has 6 heteroatoms. The highest BCUT2D eigenvalue weighted by Crippen LogP contribution is 2.25. The molecule has 2 heterocycles. The average Bonchev–Trinajstić information content (AvgIpc) is 3.25. The van der Waals surface area contributed by atoms with Crippen molar-refractivity contribution in [3.05, 3.63) is 78.0 Å². The molecule has 1 unspecified atom stereocenters. The highest BCUT2D eigenvalue weighted by molar-refractivity contribution is 5.69. The monoisotopic (exact) mass is 393 g/mol. The van der Waals surface area contributed by atoms with Crippen molar-refractivity contribution in [3.63, 3.8) is 0 Å². The van der Waals surface area contributed by atoms with Gasteiger partial charge in [0.2, 0.25) is 0 Å². The Labute approximate surface area is 171 Å². The van der Waals surface area contributed by atoms with Crippen molar-refractivity contribution in [2.75, 3.05) is 0 Å². The molecule has 0 saturated carbocycles. The molecule has 0 fully saturated rings. The van der Waals surface area contributed by atoms with E-state index in [4.69, 9.17) is 4.74 Å². The van der Waals surface area contributed by atoms with Crippen LogP contribution in [-0.2, 0) is 21.6 Å². The number of hydrogen-bond acceptors (Lipinski definition) is 5. The minimum Gasteiger partial charge on any atom is -0.461 e. The van der Waals surface area contributed by atoms with Gasteiger partial charge in [-0.15, -0.1) is 0 Å². The smallest absolute Gasteiger partial charge is 0.306 e. The van der Waals surface area contributed by atoms with Crippen molar-refractivity contribution in [1.82, 2.24) is 14.5 Å². The van der Waals surface area contributed by atoms with Crippen molar-refractivity contribution >= 4 is 5.97 Å². The zero-order valence-electron chi connectivity index (χ0n) is 17.1. The second-order valence-corrected chi connectivity index (χ2v) is 8.08. The number of nitrogens with zero attached hydrogens (tertiary/aromatic N) is 3. The quantitative estimate of drug-likeness (QED) is 0.611. The van der Waals surface area contributed by atoms with Crippen LogP contribution in [0.4, 0.5) is 0 Å². The third-order valence-electron chi connectivity index (χ3n) is 4.76. The molecule has 3 rings (SSSR count). The van der Waals surface area contributed by atoms with Gasteiger partial charge >= 0.3 is 5.97 Å². The summed E-state index contributed by atoms with van der Waals surface area (Å²) in [5.41, 5.74) is 2.89. The number of pyridine rings is 1. The second kappa shape index (κ2) is 9.01. The molecule has 0 bridgehead atoms. The molecule has 2 aromatic heterocycles. The van der Waals surface area contributed by atoms with Crippen LogP contribution in [0, 0.1) is 0 Å². The fourth-order valence-corrected chi connectivity index (χ4v) is 2.91. The molecule has 0 aliphatic rings. The van der Waals surface area contributed by atoms with Crippen molar-refractivity contribution in [2.45, 2.75) is 51.7 Å². The van der Waals surface area contributed by atoms with Crippen LogP contribution in [0.2, 0.25) is 0 Å². The van der Waals surface area contributed by atoms with Gasteiger partial charge in [0.05, 0.1) is 6.10 Å². The number of imidazole rings is 1. The molecule has 0 saturated heterocycles. The maximum absolute atomic E-state index is 12.0. The minimum atomic E-state index is -0.687. The zero-order chi connectivity index (χ0) is 20.9. The van der Waals surface area contributed by atoms with Crippen LogP contribution < -0.4 is 0 Å². The molecule has 3 aromatic rings. The van der Waals surface area contributed by atoms with Crippen molar-refractivity contribution in [2.24, 2.45) is 0 Å². The Bertz CT molecular complexity index is 912. The van der Waals surface area contributed by atoms with E-state index in [0.717, 1.165) is 16.9 Å². The van der Waals surface area contributed by atoms with Crippen LogP contribution in [0.15, 0.2) is 61.3 Å². The fraction of sp³-hybridized carbons (Fsp3) is 0.348. The molecule has 0 amide bonds. The summed E-state index contributed by atoms with van der Waals surface area (Å²) >= 11 is 0. The number of benzene rings is 1. The minimum absolute atomic E-state index is 0.0686. The van der Waals surface area contributed by atoms with Crippen LogP contribution >= 0.6 is 0 Å². The molecule has 1 atom stereocenters. The van der Waals surface area contributed by atoms with Gasteiger partial charge in [-0.25, -0.2) is 9.97 Å². The maximum Gasteiger partial charge on any atom is 0.306 e. The standard InChI is InChI=1S/C23H27N3O3/c1-23(2,3)19-7-5-18(6-8-19)20(27)9-11-22(28)29-15-17-4-10-21(25-14-17)26-13-12-24-16-26/h4-8,10,12-14,16,20,27H,9,11,15H2,1-3H3. The van der Waals surface area contributed by atoms with Crippen LogP contribution in [0.25, 0.3) is 5.82 Å². The topological polar surface area (TPSA) is 77.2 Å². The van der Waals surface area contributed by atoms with Gasteiger partial charge < -0.3 is 9.84 Å². The normalized spacial score (nSPS) is 12.6. The van der Waals surface area contributed by atoms with Crippen molar-refractivity contribution in [3.8, 4) is 5.82 Å². The first-order valence-corrected chi connectivity index (χ1v) is 9.70. The van der Waals surface area contributed by atoms with E-state index in [1.807, 2.05) is 42.6 Å². The first-order chi connectivity index (χ1) is 13.8. The van der Waals surface area contributed by atoms with Gasteiger partial charge in [0.25, 0.3) is 0 Å². The van der Waals surface area contributed by atoms with Crippen LogP contribution in [-0.4, -0.2) is 25.6 Å². The number of rotatable bonds is 7. The Hall–Kier alpha value is -2.99. The van der Waals surface area contributed by atoms with Crippen molar-refractivity contribution in [1.29, 1.82) is 0 Å². The van der Waals surface area contributed by atoms with Gasteiger partial charge in [0.1, 0.15) is 18.8 Å². The van der Waals surface area contributed by atoms with Gasteiger partial charge in [0.15, 0.2) is 0 Å². The van der Waals surface area contributed by atoms with Gasteiger partial charge in [-0.1, -0.05) is 51.1 Å². The lowest BCUT2D eigenvalue weighted by Gasteiger charge is -2.20. The van der Waals surface area contributed by atoms with Crippen molar-refractivity contribution < 1.29 is 14.6 Å². The molecule has 1 aromatic carbocycles. The van der Waals surface area contributed by atoms with Gasteiger partial charge in [0, 0.05) is 30.6 Å². The van der Waals surface area contributed by atoms with Crippen LogP contribution in [0.5, 0.6) is 0 Å². The summed E-state index contributed by atoms with van der Waals surface area (Å²) in [6, 6.07) is 11.6. The lowest BCUT2D eigenvalue weighted by Crippen LogP contribution is -2.11. The number of aromatic nitrogens is 3. The molecular weight excluding hydrogens is 366 g/mol. The van der Waals surface area contributed by atoms with Gasteiger partial charge in [-0.3, -0.25) is 9.36 Å². The van der Waals surface area contributed by atoms with E-state index >= 15 is 0 Å². The van der Waals surface area contributed by atoms with E-state index in [0.29, 0.717) is 6.42 Å². The van der Waals surface area contributed by atoms with Crippen LogP contribution in [0.3, 0.4) is 0 Å². The van der Waals surface area contributed by atoms with Gasteiger partial charge in [-0.2, -0.15) is 0 Å². The number of hydrogen-bond donors (Lipinski definition) is 1. The number of aliphatic hydroxyl groups is 1. The lowest BCUT2D eigenvalue weighted by molar-refractivity contribution is -0.145. The average molecular weight is 393 g/mol. The Morgan fingerprint density at radius 1 is 1.17 bits per heavy atom. The van der Waals surface area contributed by atoms with E-state index in [9.17, 15) is 9.90 Å². The number of aliphatic hydroxyl groups excluding tert-OH is 1. The molecule has 6 nitrogen and oxygen atoms in total. The Kier molecular flexibility index (Phi) is 6.44. The predicted octanol–water partition coefficient (Wildman–Crippen LogP) is 4.12. The summed E-state index contributed by atoms with van der Waals surface area (Å²) in [5.74, 6) is 0.409. The van der Waals surface area contributed by atoms with Gasteiger partial charge in [-0.05, 0) is 29.0 Å². The number of carbonyl (C=O) groups excluding carboxylic acids is 1. The second-order valence-electron chi connectivity index (χ2n) is 8.08. The van der Waals surface area contributed by atoms with E-state index in [1.54, 1.807) is 23.3 Å². The molecular formula is C23H27N3O3. The largest absolute Gasteiger partial charge is 0.461 e. The van der Waals surface area contributed by atoms with E-state index in [2.05, 4.69) is 30.7 Å². The third kappa shape index (κ3) is 5.74. The maximum atomic E-state index is 12.0. The number of esters is 1. The molecule has 1 N–H and O–H groups in total. The molecule has 152 valence electrons. The lowest BCUT2D eigenvalue weighted by atomic mass is 9.86. The molecule has 0 spiro atoms. The highest BCUT2D eigenvalue weighted by Gasteiger charge is 2.15. The highest BCUT2D eigenvalue weighted by atomic mass is 16.5. The van der Waals surface area contributed by atoms with Crippen LogP contribution in [0.1, 0.15) is 56.4 Å². The Morgan fingerprint density at radius 3 is 2.52 bits per heavy atom. The zero-order valence-corrected chi connectivity index (χ0v) is 17.1. The summed E-state index contributed by atoms with van der Waals surface area (Å²) in [5, 5.41) is 10.3.